The van der Waals surface area contributed by atoms with Crippen molar-refractivity contribution in [3.63, 3.8) is 0 Å². The van der Waals surface area contributed by atoms with Gasteiger partial charge >= 0.3 is 0 Å². The number of aromatic nitrogens is 2. The van der Waals surface area contributed by atoms with E-state index in [9.17, 15) is 13.0 Å². The molecule has 0 saturated heterocycles. The maximum atomic E-state index is 10.5. The summed E-state index contributed by atoms with van der Waals surface area (Å²) in [6.07, 6.45) is 6.06. The van der Waals surface area contributed by atoms with Crippen LogP contribution in [0, 0.1) is 0 Å². The fraction of sp³-hybridized carbons (Fsp3) is 0.357. The van der Waals surface area contributed by atoms with Crippen molar-refractivity contribution < 1.29 is 17.5 Å². The predicted molar refractivity (Wildman–Crippen MR) is 82.0 cm³/mol. The van der Waals surface area contributed by atoms with Crippen molar-refractivity contribution in [3.8, 4) is 0 Å². The number of rotatable bonds is 7. The van der Waals surface area contributed by atoms with Gasteiger partial charge in [0, 0.05) is 11.1 Å². The molecule has 0 aliphatic carbocycles. The van der Waals surface area contributed by atoms with Crippen LogP contribution in [0.2, 0.25) is 0 Å². The first-order chi connectivity index (χ1) is 9.96. The second-order valence-electron chi connectivity index (χ2n) is 4.89. The summed E-state index contributed by atoms with van der Waals surface area (Å²) < 4.78 is 35.5. The predicted octanol–water partition coefficient (Wildman–Crippen LogP) is 1.65. The molecule has 0 fully saturated rings. The Morgan fingerprint density at radius 2 is 1.86 bits per heavy atom. The summed E-state index contributed by atoms with van der Waals surface area (Å²) in [7, 11) is -4.12. The van der Waals surface area contributed by atoms with E-state index in [0.717, 1.165) is 11.9 Å². The Bertz CT molecular complexity index is 680. The molecule has 1 aromatic carbocycles. The summed E-state index contributed by atoms with van der Waals surface area (Å²) in [5.74, 6) is -0.320. The van der Waals surface area contributed by atoms with Gasteiger partial charge in [-0.3, -0.25) is 0 Å². The van der Waals surface area contributed by atoms with Crippen LogP contribution in [0.4, 0.5) is 0 Å². The van der Waals surface area contributed by atoms with Crippen molar-refractivity contribution in [3.05, 3.63) is 54.1 Å². The van der Waals surface area contributed by atoms with Crippen molar-refractivity contribution in [2.45, 2.75) is 24.8 Å². The molecular formula is C14H17BrN2O3S. The fourth-order valence-electron chi connectivity index (χ4n) is 2.03. The van der Waals surface area contributed by atoms with Crippen LogP contribution >= 0.6 is 15.9 Å². The molecule has 1 aromatic heterocycles. The van der Waals surface area contributed by atoms with E-state index >= 15 is 0 Å². The molecule has 0 aliphatic rings. The summed E-state index contributed by atoms with van der Waals surface area (Å²) in [4.78, 5) is 0. The smallest absolute Gasteiger partial charge is 0.244 e. The van der Waals surface area contributed by atoms with Crippen molar-refractivity contribution in [1.82, 2.24) is 4.57 Å². The zero-order valence-corrected chi connectivity index (χ0v) is 13.9. The zero-order chi connectivity index (χ0) is 15.3. The van der Waals surface area contributed by atoms with E-state index in [4.69, 9.17) is 0 Å². The number of nitrogens with zero attached hydrogens (tertiary/aromatic N) is 2. The summed E-state index contributed by atoms with van der Waals surface area (Å²) >= 11 is 3.42. The van der Waals surface area contributed by atoms with E-state index in [-0.39, 0.29) is 5.75 Å². The van der Waals surface area contributed by atoms with Gasteiger partial charge in [0.25, 0.3) is 0 Å². The Balaban J connectivity index is 1.90. The quantitative estimate of drug-likeness (QED) is 0.421. The molecule has 0 aliphatic heterocycles. The fourth-order valence-corrected chi connectivity index (χ4v) is 2.89. The summed E-state index contributed by atoms with van der Waals surface area (Å²) in [6, 6.07) is 8.34. The molecule has 1 heterocycles. The van der Waals surface area contributed by atoms with Gasteiger partial charge < -0.3 is 4.55 Å². The first-order valence-electron chi connectivity index (χ1n) is 6.58. The second-order valence-corrected chi connectivity index (χ2v) is 6.97. The Morgan fingerprint density at radius 1 is 1.19 bits per heavy atom. The van der Waals surface area contributed by atoms with Gasteiger partial charge in [0.2, 0.25) is 6.33 Å². The van der Waals surface area contributed by atoms with Crippen LogP contribution in [0.1, 0.15) is 17.5 Å². The topological polar surface area (TPSA) is 66.0 Å². The maximum absolute atomic E-state index is 10.5. The number of hydrogen-bond donors (Lipinski definition) is 0. The molecule has 0 unspecified atom stereocenters. The van der Waals surface area contributed by atoms with Gasteiger partial charge in [-0.25, -0.2) is 17.6 Å². The monoisotopic (exact) mass is 372 g/mol. The number of aryl methyl sites for hydroxylation is 1. The lowest BCUT2D eigenvalue weighted by atomic mass is 10.1. The summed E-state index contributed by atoms with van der Waals surface area (Å²) in [6.45, 7) is 1.28. The lowest BCUT2D eigenvalue weighted by Gasteiger charge is -2.04. The van der Waals surface area contributed by atoms with E-state index < -0.39 is 10.1 Å². The lowest BCUT2D eigenvalue weighted by molar-refractivity contribution is -0.687. The molecule has 0 radical (unpaired) electrons. The third-order valence-electron chi connectivity index (χ3n) is 3.10. The molecule has 2 aromatic rings. The molecule has 2 rings (SSSR count). The molecule has 7 heteroatoms. The van der Waals surface area contributed by atoms with Crippen molar-refractivity contribution in [1.29, 1.82) is 0 Å². The molecule has 0 atom stereocenters. The SMILES string of the molecule is O=S(=O)([O-])CCCn1cc[n+](Cc2ccc(CBr)cc2)c1. The highest BCUT2D eigenvalue weighted by Gasteiger charge is 2.05. The van der Waals surface area contributed by atoms with Crippen LogP contribution in [-0.4, -0.2) is 23.3 Å². The third kappa shape index (κ3) is 5.61. The number of imidazole rings is 1. The van der Waals surface area contributed by atoms with Crippen LogP contribution < -0.4 is 4.57 Å². The molecule has 21 heavy (non-hydrogen) atoms. The molecule has 0 amide bonds. The average molecular weight is 373 g/mol. The Morgan fingerprint density at radius 3 is 2.48 bits per heavy atom. The molecule has 0 bridgehead atoms. The van der Waals surface area contributed by atoms with Crippen molar-refractivity contribution in [2.24, 2.45) is 0 Å². The largest absolute Gasteiger partial charge is 0.748 e. The lowest BCUT2D eigenvalue weighted by Crippen LogP contribution is -2.31. The number of hydrogen-bond acceptors (Lipinski definition) is 3. The number of benzene rings is 1. The van der Waals surface area contributed by atoms with Crippen LogP contribution in [0.5, 0.6) is 0 Å². The maximum Gasteiger partial charge on any atom is 0.244 e. The van der Waals surface area contributed by atoms with Crippen molar-refractivity contribution in [2.75, 3.05) is 5.75 Å². The average Bonchev–Trinajstić information content (AvgIpc) is 2.86. The molecule has 0 N–H and O–H groups in total. The van der Waals surface area contributed by atoms with E-state index in [2.05, 4.69) is 40.2 Å². The van der Waals surface area contributed by atoms with E-state index in [1.54, 1.807) is 0 Å². The summed E-state index contributed by atoms with van der Waals surface area (Å²) in [5.41, 5.74) is 2.43. The van der Waals surface area contributed by atoms with Gasteiger partial charge in [-0.05, 0) is 17.5 Å². The van der Waals surface area contributed by atoms with Gasteiger partial charge in [-0.15, -0.1) is 0 Å². The normalized spacial score (nSPS) is 11.7. The van der Waals surface area contributed by atoms with E-state index in [1.807, 2.05) is 27.9 Å². The van der Waals surface area contributed by atoms with Crippen LogP contribution in [-0.2, 0) is 28.5 Å². The Kier molecular flexibility index (Phi) is 5.55. The minimum absolute atomic E-state index is 0.320. The van der Waals surface area contributed by atoms with Gasteiger partial charge in [-0.2, -0.15) is 0 Å². The molecule has 0 spiro atoms. The first-order valence-corrected chi connectivity index (χ1v) is 9.28. The van der Waals surface area contributed by atoms with Crippen molar-refractivity contribution >= 4 is 26.0 Å². The minimum Gasteiger partial charge on any atom is -0.748 e. The molecule has 5 nitrogen and oxygen atoms in total. The molecule has 0 saturated carbocycles. The zero-order valence-electron chi connectivity index (χ0n) is 11.5. The highest BCUT2D eigenvalue weighted by Crippen LogP contribution is 2.07. The first kappa shape index (κ1) is 16.2. The number of halogens is 1. The van der Waals surface area contributed by atoms with Gasteiger partial charge in [0.15, 0.2) is 0 Å². The highest BCUT2D eigenvalue weighted by molar-refractivity contribution is 9.08. The van der Waals surface area contributed by atoms with Gasteiger partial charge in [0.1, 0.15) is 18.9 Å². The van der Waals surface area contributed by atoms with Gasteiger partial charge in [0.05, 0.1) is 16.7 Å². The van der Waals surface area contributed by atoms with Crippen LogP contribution in [0.15, 0.2) is 43.0 Å². The van der Waals surface area contributed by atoms with E-state index in [1.165, 1.54) is 11.1 Å². The summed E-state index contributed by atoms with van der Waals surface area (Å²) in [5, 5.41) is 0.847. The standard InChI is InChI=1S/C14H17BrN2O3S/c15-10-13-2-4-14(5-3-13)11-17-8-7-16(12-17)6-1-9-21(18,19)20/h2-5,7-8,12H,1,6,9-11H2. The Labute approximate surface area is 133 Å². The second kappa shape index (κ2) is 7.20. The van der Waals surface area contributed by atoms with E-state index in [0.29, 0.717) is 13.0 Å². The molecule has 114 valence electrons. The van der Waals surface area contributed by atoms with Crippen LogP contribution in [0.25, 0.3) is 0 Å². The van der Waals surface area contributed by atoms with Gasteiger partial charge in [-0.1, -0.05) is 40.2 Å². The minimum atomic E-state index is -4.12. The highest BCUT2D eigenvalue weighted by atomic mass is 79.9. The van der Waals surface area contributed by atoms with Crippen LogP contribution in [0.3, 0.4) is 0 Å². The molecular weight excluding hydrogens is 356 g/mol. The number of alkyl halides is 1. The third-order valence-corrected chi connectivity index (χ3v) is 4.54. The Hall–Kier alpha value is -1.18.